The maximum Gasteiger partial charge on any atom is 0.0500 e. The molecule has 2 fully saturated rings. The minimum Gasteiger partial charge on any atom is -0.396 e. The van der Waals surface area contributed by atoms with Gasteiger partial charge in [-0.05, 0) is 75.8 Å². The summed E-state index contributed by atoms with van der Waals surface area (Å²) in [6, 6.07) is 2.22. The van der Waals surface area contributed by atoms with Crippen LogP contribution in [0.4, 0.5) is 0 Å². The average Bonchev–Trinajstić information content (AvgIpc) is 3.14. The lowest BCUT2D eigenvalue weighted by Gasteiger charge is -2.42. The Bertz CT molecular complexity index is 445. The van der Waals surface area contributed by atoms with Gasteiger partial charge in [0.15, 0.2) is 0 Å². The van der Waals surface area contributed by atoms with Gasteiger partial charge in [-0.3, -0.25) is 4.90 Å². The highest BCUT2D eigenvalue weighted by molar-refractivity contribution is 7.10. The zero-order valence-electron chi connectivity index (χ0n) is 13.2. The third kappa shape index (κ3) is 3.67. The van der Waals surface area contributed by atoms with Crippen LogP contribution in [0.15, 0.2) is 11.4 Å². The average molecular weight is 308 g/mol. The summed E-state index contributed by atoms with van der Waals surface area (Å²) in [5.41, 5.74) is 1.58. The molecule has 0 spiro atoms. The molecule has 4 heteroatoms. The number of aryl methyl sites for hydroxylation is 1. The Hall–Kier alpha value is -0.420. The van der Waals surface area contributed by atoms with Crippen LogP contribution in [-0.2, 0) is 6.54 Å². The first-order valence-electron chi connectivity index (χ1n) is 8.29. The molecule has 0 bridgehead atoms. The monoisotopic (exact) mass is 308 g/mol. The molecule has 3 heterocycles. The van der Waals surface area contributed by atoms with Gasteiger partial charge in [0.05, 0.1) is 6.61 Å². The van der Waals surface area contributed by atoms with Crippen LogP contribution in [0, 0.1) is 12.3 Å². The van der Waals surface area contributed by atoms with E-state index in [1.54, 1.807) is 0 Å². The number of hydrogen-bond acceptors (Lipinski definition) is 4. The number of thiophene rings is 1. The SMILES string of the molecule is Cc1ccsc1CN1CCC(CO)(CN2CCCC2)CC1. The molecule has 2 aliphatic rings. The van der Waals surface area contributed by atoms with Gasteiger partial charge >= 0.3 is 0 Å². The van der Waals surface area contributed by atoms with Crippen molar-refractivity contribution in [2.75, 3.05) is 39.3 Å². The van der Waals surface area contributed by atoms with E-state index in [1.165, 1.54) is 36.4 Å². The van der Waals surface area contributed by atoms with Crippen LogP contribution >= 0.6 is 11.3 Å². The van der Waals surface area contributed by atoms with Crippen molar-refractivity contribution in [1.29, 1.82) is 0 Å². The van der Waals surface area contributed by atoms with E-state index in [2.05, 4.69) is 28.2 Å². The van der Waals surface area contributed by atoms with Gasteiger partial charge < -0.3 is 10.0 Å². The first-order valence-corrected chi connectivity index (χ1v) is 9.17. The zero-order chi connectivity index (χ0) is 14.7. The molecular formula is C17H28N2OS. The Morgan fingerprint density at radius 1 is 1.14 bits per heavy atom. The number of piperidine rings is 1. The van der Waals surface area contributed by atoms with Gasteiger partial charge in [-0.15, -0.1) is 11.3 Å². The van der Waals surface area contributed by atoms with E-state index >= 15 is 0 Å². The van der Waals surface area contributed by atoms with Crippen LogP contribution < -0.4 is 0 Å². The van der Waals surface area contributed by atoms with E-state index in [9.17, 15) is 5.11 Å². The maximum atomic E-state index is 9.95. The van der Waals surface area contributed by atoms with E-state index in [0.717, 1.165) is 39.0 Å². The van der Waals surface area contributed by atoms with Crippen molar-refractivity contribution in [3.63, 3.8) is 0 Å². The molecule has 1 N–H and O–H groups in total. The van der Waals surface area contributed by atoms with Crippen molar-refractivity contribution in [1.82, 2.24) is 9.80 Å². The Morgan fingerprint density at radius 3 is 2.43 bits per heavy atom. The number of nitrogens with zero attached hydrogens (tertiary/aromatic N) is 2. The highest BCUT2D eigenvalue weighted by Crippen LogP contribution is 2.34. The summed E-state index contributed by atoms with van der Waals surface area (Å²) < 4.78 is 0. The number of aliphatic hydroxyl groups is 1. The fraction of sp³-hybridized carbons (Fsp3) is 0.765. The van der Waals surface area contributed by atoms with E-state index in [-0.39, 0.29) is 5.41 Å². The molecule has 118 valence electrons. The van der Waals surface area contributed by atoms with Crippen molar-refractivity contribution in [3.8, 4) is 0 Å². The second-order valence-corrected chi connectivity index (χ2v) is 7.94. The Balaban J connectivity index is 1.53. The van der Waals surface area contributed by atoms with Crippen molar-refractivity contribution in [3.05, 3.63) is 21.9 Å². The van der Waals surface area contributed by atoms with Gasteiger partial charge in [0.2, 0.25) is 0 Å². The predicted octanol–water partition coefficient (Wildman–Crippen LogP) is 2.73. The molecule has 0 unspecified atom stereocenters. The topological polar surface area (TPSA) is 26.7 Å². The van der Waals surface area contributed by atoms with Crippen LogP contribution in [0.2, 0.25) is 0 Å². The molecular weight excluding hydrogens is 280 g/mol. The third-order valence-electron chi connectivity index (χ3n) is 5.35. The van der Waals surface area contributed by atoms with Crippen LogP contribution in [0.3, 0.4) is 0 Å². The molecule has 3 rings (SSSR count). The van der Waals surface area contributed by atoms with Crippen molar-refractivity contribution in [2.24, 2.45) is 5.41 Å². The molecule has 1 aromatic rings. The lowest BCUT2D eigenvalue weighted by atomic mass is 9.78. The highest BCUT2D eigenvalue weighted by Gasteiger charge is 2.36. The third-order valence-corrected chi connectivity index (χ3v) is 6.35. The molecule has 1 aromatic heterocycles. The van der Waals surface area contributed by atoms with Crippen molar-refractivity contribution in [2.45, 2.75) is 39.2 Å². The summed E-state index contributed by atoms with van der Waals surface area (Å²) >= 11 is 1.88. The molecule has 3 nitrogen and oxygen atoms in total. The van der Waals surface area contributed by atoms with Gasteiger partial charge in [-0.2, -0.15) is 0 Å². The first-order chi connectivity index (χ1) is 10.2. The molecule has 21 heavy (non-hydrogen) atoms. The summed E-state index contributed by atoms with van der Waals surface area (Å²) in [7, 11) is 0. The number of rotatable bonds is 5. The second-order valence-electron chi connectivity index (χ2n) is 6.94. The van der Waals surface area contributed by atoms with Gasteiger partial charge in [0, 0.05) is 23.4 Å². The maximum absolute atomic E-state index is 9.95. The lowest BCUT2D eigenvalue weighted by molar-refractivity contribution is 0.0167. The highest BCUT2D eigenvalue weighted by atomic mass is 32.1. The molecule has 0 atom stereocenters. The van der Waals surface area contributed by atoms with Crippen molar-refractivity contribution >= 4 is 11.3 Å². The van der Waals surface area contributed by atoms with E-state index in [0.29, 0.717) is 6.61 Å². The van der Waals surface area contributed by atoms with Crippen LogP contribution in [0.1, 0.15) is 36.1 Å². The molecule has 0 saturated carbocycles. The van der Waals surface area contributed by atoms with Gasteiger partial charge in [-0.25, -0.2) is 0 Å². The number of likely N-dealkylation sites (tertiary alicyclic amines) is 2. The fourth-order valence-corrected chi connectivity index (χ4v) is 4.68. The standard InChI is InChI=1S/C17H28N2OS/c1-15-4-11-21-16(15)12-18-9-5-17(14-20,6-10-18)13-19-7-2-3-8-19/h4,11,20H,2-3,5-10,12-14H2,1H3. The lowest BCUT2D eigenvalue weighted by Crippen LogP contribution is -2.47. The Labute approximate surface area is 132 Å². The minimum atomic E-state index is 0.158. The summed E-state index contributed by atoms with van der Waals surface area (Å²) in [5, 5.41) is 12.1. The first kappa shape index (κ1) is 15.5. The quantitative estimate of drug-likeness (QED) is 0.906. The normalized spacial score (nSPS) is 23.7. The van der Waals surface area contributed by atoms with Crippen LogP contribution in [0.25, 0.3) is 0 Å². The molecule has 0 amide bonds. The molecule has 2 saturated heterocycles. The Kier molecular flexibility index (Phi) is 4.99. The van der Waals surface area contributed by atoms with Crippen LogP contribution in [-0.4, -0.2) is 54.2 Å². The van der Waals surface area contributed by atoms with E-state index in [4.69, 9.17) is 0 Å². The molecule has 0 aliphatic carbocycles. The van der Waals surface area contributed by atoms with E-state index < -0.39 is 0 Å². The molecule has 2 aliphatic heterocycles. The summed E-state index contributed by atoms with van der Waals surface area (Å²) in [6.45, 7) is 9.50. The largest absolute Gasteiger partial charge is 0.396 e. The van der Waals surface area contributed by atoms with E-state index in [1.807, 2.05) is 11.3 Å². The predicted molar refractivity (Wildman–Crippen MR) is 88.8 cm³/mol. The van der Waals surface area contributed by atoms with Crippen LogP contribution in [0.5, 0.6) is 0 Å². The summed E-state index contributed by atoms with van der Waals surface area (Å²) in [4.78, 5) is 6.64. The minimum absolute atomic E-state index is 0.158. The summed E-state index contributed by atoms with van der Waals surface area (Å²) in [6.07, 6.45) is 4.96. The molecule has 0 aromatic carbocycles. The zero-order valence-corrected chi connectivity index (χ0v) is 14.0. The van der Waals surface area contributed by atoms with Gasteiger partial charge in [-0.1, -0.05) is 0 Å². The second kappa shape index (κ2) is 6.78. The number of hydrogen-bond donors (Lipinski definition) is 1. The fourth-order valence-electron chi connectivity index (χ4n) is 3.74. The van der Waals surface area contributed by atoms with Gasteiger partial charge in [0.1, 0.15) is 0 Å². The molecule has 0 radical (unpaired) electrons. The Morgan fingerprint density at radius 2 is 1.86 bits per heavy atom. The van der Waals surface area contributed by atoms with Crippen molar-refractivity contribution < 1.29 is 5.11 Å². The summed E-state index contributed by atoms with van der Waals surface area (Å²) in [5.74, 6) is 0. The smallest absolute Gasteiger partial charge is 0.0500 e. The van der Waals surface area contributed by atoms with Gasteiger partial charge in [0.25, 0.3) is 0 Å². The number of aliphatic hydroxyl groups excluding tert-OH is 1.